The summed E-state index contributed by atoms with van der Waals surface area (Å²) in [5.74, 6) is 2.06. The standard InChI is InChI=1S/C21H32N6O2/c1-5-27(6-2)21-12-11-20(25-26-21)24-23-13-17-9-7-8-10-19(17)29-15-18(28)14-22-16(3)4/h7-13,16,18,22,28H,5-6,14-15H2,1-4H3,(H,24,25)/b23-13+. The highest BCUT2D eigenvalue weighted by Crippen LogP contribution is 2.16. The number of hydrogen-bond donors (Lipinski definition) is 3. The maximum atomic E-state index is 10.0. The molecule has 0 bridgehead atoms. The molecule has 158 valence electrons. The second-order valence-electron chi connectivity index (χ2n) is 6.88. The van der Waals surface area contributed by atoms with E-state index in [2.05, 4.69) is 44.8 Å². The molecule has 1 unspecified atom stereocenters. The number of rotatable bonds is 12. The average molecular weight is 401 g/mol. The third-order valence-electron chi connectivity index (χ3n) is 4.23. The van der Waals surface area contributed by atoms with Crippen LogP contribution in [0.1, 0.15) is 33.3 Å². The Morgan fingerprint density at radius 3 is 2.55 bits per heavy atom. The molecule has 0 fully saturated rings. The van der Waals surface area contributed by atoms with Crippen molar-refractivity contribution in [1.82, 2.24) is 15.5 Å². The Labute approximate surface area is 173 Å². The number of ether oxygens (including phenoxy) is 1. The molecule has 29 heavy (non-hydrogen) atoms. The first-order valence-electron chi connectivity index (χ1n) is 10.0. The van der Waals surface area contributed by atoms with Crippen molar-refractivity contribution in [3.8, 4) is 5.75 Å². The summed E-state index contributed by atoms with van der Waals surface area (Å²) >= 11 is 0. The van der Waals surface area contributed by atoms with Gasteiger partial charge in [-0.15, -0.1) is 10.2 Å². The van der Waals surface area contributed by atoms with Crippen molar-refractivity contribution in [1.29, 1.82) is 0 Å². The molecule has 1 heterocycles. The summed E-state index contributed by atoms with van der Waals surface area (Å²) in [5, 5.41) is 25.8. The molecule has 2 rings (SSSR count). The fourth-order valence-corrected chi connectivity index (χ4v) is 2.60. The summed E-state index contributed by atoms with van der Waals surface area (Å²) in [5.41, 5.74) is 3.69. The smallest absolute Gasteiger partial charge is 0.168 e. The number of hydrogen-bond acceptors (Lipinski definition) is 8. The molecular weight excluding hydrogens is 368 g/mol. The number of aliphatic hydroxyl groups excluding tert-OH is 1. The molecule has 0 saturated heterocycles. The highest BCUT2D eigenvalue weighted by molar-refractivity contribution is 5.83. The van der Waals surface area contributed by atoms with Gasteiger partial charge in [-0.1, -0.05) is 26.0 Å². The molecule has 0 amide bonds. The van der Waals surface area contributed by atoms with Crippen molar-refractivity contribution in [2.45, 2.75) is 39.8 Å². The van der Waals surface area contributed by atoms with Gasteiger partial charge in [-0.2, -0.15) is 5.10 Å². The van der Waals surface area contributed by atoms with E-state index >= 15 is 0 Å². The molecule has 0 saturated carbocycles. The van der Waals surface area contributed by atoms with Gasteiger partial charge in [0, 0.05) is 31.2 Å². The topological polar surface area (TPSA) is 94.9 Å². The Morgan fingerprint density at radius 1 is 1.14 bits per heavy atom. The summed E-state index contributed by atoms with van der Waals surface area (Å²) in [7, 11) is 0. The zero-order valence-electron chi connectivity index (χ0n) is 17.7. The van der Waals surface area contributed by atoms with Gasteiger partial charge in [-0.05, 0) is 38.1 Å². The second kappa shape index (κ2) is 12.0. The fourth-order valence-electron chi connectivity index (χ4n) is 2.60. The molecule has 2 aromatic rings. The minimum absolute atomic E-state index is 0.205. The van der Waals surface area contributed by atoms with Crippen molar-refractivity contribution in [3.63, 3.8) is 0 Å². The number of para-hydroxylation sites is 1. The van der Waals surface area contributed by atoms with Crippen LogP contribution in [-0.2, 0) is 0 Å². The summed E-state index contributed by atoms with van der Waals surface area (Å²) in [6, 6.07) is 11.6. The molecule has 0 aliphatic heterocycles. The van der Waals surface area contributed by atoms with Gasteiger partial charge in [0.05, 0.1) is 6.21 Å². The van der Waals surface area contributed by atoms with Crippen LogP contribution in [0.3, 0.4) is 0 Å². The highest BCUT2D eigenvalue weighted by Gasteiger charge is 2.08. The molecule has 8 heteroatoms. The number of aliphatic hydroxyl groups is 1. The SMILES string of the molecule is CCN(CC)c1ccc(N/N=C/c2ccccc2OCC(O)CNC(C)C)nn1. The zero-order chi connectivity index (χ0) is 21.1. The van der Waals surface area contributed by atoms with E-state index in [1.807, 2.05) is 50.2 Å². The van der Waals surface area contributed by atoms with Crippen LogP contribution in [0.4, 0.5) is 11.6 Å². The molecule has 1 atom stereocenters. The summed E-state index contributed by atoms with van der Waals surface area (Å²) in [6.07, 6.45) is 1.08. The van der Waals surface area contributed by atoms with Crippen LogP contribution < -0.4 is 20.4 Å². The first kappa shape index (κ1) is 22.6. The molecule has 0 aliphatic carbocycles. The van der Waals surface area contributed by atoms with Gasteiger partial charge in [-0.25, -0.2) is 0 Å². The van der Waals surface area contributed by atoms with Crippen molar-refractivity contribution < 1.29 is 9.84 Å². The summed E-state index contributed by atoms with van der Waals surface area (Å²) in [6.45, 7) is 10.7. The van der Waals surface area contributed by atoms with Gasteiger partial charge in [0.25, 0.3) is 0 Å². The van der Waals surface area contributed by atoms with E-state index in [9.17, 15) is 5.11 Å². The van der Waals surface area contributed by atoms with Crippen LogP contribution in [0.2, 0.25) is 0 Å². The van der Waals surface area contributed by atoms with Crippen LogP contribution in [0, 0.1) is 0 Å². The third kappa shape index (κ3) is 7.67. The average Bonchev–Trinajstić information content (AvgIpc) is 2.73. The molecular formula is C21H32N6O2. The predicted molar refractivity (Wildman–Crippen MR) is 118 cm³/mol. The van der Waals surface area contributed by atoms with E-state index in [0.717, 1.165) is 24.5 Å². The van der Waals surface area contributed by atoms with Crippen LogP contribution in [0.25, 0.3) is 0 Å². The van der Waals surface area contributed by atoms with Gasteiger partial charge >= 0.3 is 0 Å². The van der Waals surface area contributed by atoms with Gasteiger partial charge < -0.3 is 20.1 Å². The van der Waals surface area contributed by atoms with Crippen LogP contribution in [0.15, 0.2) is 41.5 Å². The molecule has 0 radical (unpaired) electrons. The summed E-state index contributed by atoms with van der Waals surface area (Å²) < 4.78 is 5.76. The largest absolute Gasteiger partial charge is 0.490 e. The zero-order valence-corrected chi connectivity index (χ0v) is 17.7. The first-order valence-corrected chi connectivity index (χ1v) is 10.0. The lowest BCUT2D eigenvalue weighted by Crippen LogP contribution is -2.35. The van der Waals surface area contributed by atoms with E-state index in [1.54, 1.807) is 6.21 Å². The Balaban J connectivity index is 1.92. The molecule has 1 aromatic heterocycles. The third-order valence-corrected chi connectivity index (χ3v) is 4.23. The van der Waals surface area contributed by atoms with Crippen LogP contribution in [0.5, 0.6) is 5.75 Å². The van der Waals surface area contributed by atoms with E-state index in [0.29, 0.717) is 24.2 Å². The number of nitrogens with zero attached hydrogens (tertiary/aromatic N) is 4. The van der Waals surface area contributed by atoms with Gasteiger partial charge in [0.15, 0.2) is 11.6 Å². The lowest BCUT2D eigenvalue weighted by Gasteiger charge is -2.18. The Bertz CT molecular complexity index is 747. The number of anilines is 2. The van der Waals surface area contributed by atoms with Crippen molar-refractivity contribution in [3.05, 3.63) is 42.0 Å². The molecule has 0 aliphatic rings. The van der Waals surface area contributed by atoms with Crippen molar-refractivity contribution >= 4 is 17.9 Å². The Kier molecular flexibility index (Phi) is 9.33. The highest BCUT2D eigenvalue weighted by atomic mass is 16.5. The van der Waals surface area contributed by atoms with Crippen LogP contribution in [-0.4, -0.2) is 59.9 Å². The molecule has 3 N–H and O–H groups in total. The normalized spacial score (nSPS) is 12.3. The van der Waals surface area contributed by atoms with E-state index in [4.69, 9.17) is 4.74 Å². The van der Waals surface area contributed by atoms with E-state index in [-0.39, 0.29) is 6.61 Å². The maximum absolute atomic E-state index is 10.0. The number of aromatic nitrogens is 2. The number of benzene rings is 1. The molecule has 8 nitrogen and oxygen atoms in total. The Morgan fingerprint density at radius 2 is 1.90 bits per heavy atom. The van der Waals surface area contributed by atoms with Gasteiger partial charge in [0.1, 0.15) is 18.5 Å². The summed E-state index contributed by atoms with van der Waals surface area (Å²) in [4.78, 5) is 2.12. The second-order valence-corrected chi connectivity index (χ2v) is 6.88. The fraction of sp³-hybridized carbons (Fsp3) is 0.476. The van der Waals surface area contributed by atoms with Gasteiger partial charge in [0.2, 0.25) is 0 Å². The van der Waals surface area contributed by atoms with E-state index in [1.165, 1.54) is 0 Å². The van der Waals surface area contributed by atoms with Crippen molar-refractivity contribution in [2.24, 2.45) is 5.10 Å². The predicted octanol–water partition coefficient (Wildman–Crippen LogP) is 2.51. The molecule has 1 aromatic carbocycles. The van der Waals surface area contributed by atoms with Crippen LogP contribution >= 0.6 is 0 Å². The Hall–Kier alpha value is -2.71. The lowest BCUT2D eigenvalue weighted by molar-refractivity contribution is 0.104. The lowest BCUT2D eigenvalue weighted by atomic mass is 10.2. The maximum Gasteiger partial charge on any atom is 0.168 e. The van der Waals surface area contributed by atoms with Crippen molar-refractivity contribution in [2.75, 3.05) is 36.6 Å². The number of hydrazone groups is 1. The van der Waals surface area contributed by atoms with Gasteiger partial charge in [-0.3, -0.25) is 5.43 Å². The monoisotopic (exact) mass is 400 g/mol. The minimum Gasteiger partial charge on any atom is -0.490 e. The number of nitrogens with one attached hydrogen (secondary N) is 2. The first-order chi connectivity index (χ1) is 14.0. The quantitative estimate of drug-likeness (QED) is 0.372. The minimum atomic E-state index is -0.583. The molecule has 0 spiro atoms. The van der Waals surface area contributed by atoms with E-state index < -0.39 is 6.10 Å².